The van der Waals surface area contributed by atoms with Crippen molar-refractivity contribution in [1.29, 1.82) is 0 Å². The Bertz CT molecular complexity index is 548. The molecule has 0 amide bonds. The summed E-state index contributed by atoms with van der Waals surface area (Å²) in [5.41, 5.74) is 3.76. The molecule has 0 aliphatic carbocycles. The van der Waals surface area contributed by atoms with Crippen LogP contribution in [0.3, 0.4) is 0 Å². The molecule has 1 aromatic heterocycles. The predicted octanol–water partition coefficient (Wildman–Crippen LogP) is 3.35. The molecule has 3 heteroatoms. The smallest absolute Gasteiger partial charge is 0.110 e. The van der Waals surface area contributed by atoms with Gasteiger partial charge in [0.1, 0.15) is 5.82 Å². The lowest BCUT2D eigenvalue weighted by Crippen LogP contribution is -2.08. The normalized spacial score (nSPS) is 18.9. The van der Waals surface area contributed by atoms with Crippen LogP contribution >= 0.6 is 0 Å². The first kappa shape index (κ1) is 13.4. The Morgan fingerprint density at radius 3 is 2.70 bits per heavy atom. The van der Waals surface area contributed by atoms with E-state index in [0.29, 0.717) is 11.8 Å². The summed E-state index contributed by atoms with van der Waals surface area (Å²) in [6.45, 7) is 6.65. The van der Waals surface area contributed by atoms with Crippen LogP contribution < -0.4 is 5.32 Å². The van der Waals surface area contributed by atoms with Crippen LogP contribution in [0.2, 0.25) is 0 Å². The molecular weight excluding hydrogens is 246 g/mol. The highest BCUT2D eigenvalue weighted by molar-refractivity contribution is 5.59. The Hall–Kier alpha value is -1.61. The monoisotopic (exact) mass is 269 g/mol. The zero-order valence-electron chi connectivity index (χ0n) is 12.3. The standard InChI is InChI=1S/C17H23N3/c1-12(2)9-13-3-5-14(6-4-13)16-11-19-17(20-16)15-7-8-18-10-15/h3-6,11-12,15,18H,7-10H2,1-2H3,(H,19,20). The minimum absolute atomic E-state index is 0.545. The second kappa shape index (κ2) is 5.80. The first-order chi connectivity index (χ1) is 9.72. The second-order valence-electron chi connectivity index (χ2n) is 6.17. The van der Waals surface area contributed by atoms with Gasteiger partial charge in [-0.1, -0.05) is 38.1 Å². The van der Waals surface area contributed by atoms with E-state index in [1.54, 1.807) is 0 Å². The van der Waals surface area contributed by atoms with Crippen LogP contribution in [0, 0.1) is 5.92 Å². The van der Waals surface area contributed by atoms with E-state index < -0.39 is 0 Å². The number of benzene rings is 1. The van der Waals surface area contributed by atoms with E-state index in [4.69, 9.17) is 0 Å². The van der Waals surface area contributed by atoms with Crippen LogP contribution in [0.5, 0.6) is 0 Å². The van der Waals surface area contributed by atoms with E-state index in [0.717, 1.165) is 31.0 Å². The Labute approximate surface area is 120 Å². The number of H-pyrrole nitrogens is 1. The highest BCUT2D eigenvalue weighted by Crippen LogP contribution is 2.24. The van der Waals surface area contributed by atoms with E-state index in [2.05, 4.69) is 53.4 Å². The maximum atomic E-state index is 4.55. The van der Waals surface area contributed by atoms with Crippen LogP contribution in [0.4, 0.5) is 0 Å². The third-order valence-corrected chi connectivity index (χ3v) is 3.95. The van der Waals surface area contributed by atoms with Gasteiger partial charge in [-0.2, -0.15) is 0 Å². The minimum atomic E-state index is 0.545. The van der Waals surface area contributed by atoms with Crippen LogP contribution in [-0.2, 0) is 6.42 Å². The summed E-state index contributed by atoms with van der Waals surface area (Å²) < 4.78 is 0. The highest BCUT2D eigenvalue weighted by atomic mass is 15.0. The minimum Gasteiger partial charge on any atom is -0.342 e. The molecule has 1 aliphatic heterocycles. The van der Waals surface area contributed by atoms with Gasteiger partial charge in [-0.15, -0.1) is 0 Å². The number of aromatic amines is 1. The van der Waals surface area contributed by atoms with Crippen molar-refractivity contribution in [3.05, 3.63) is 41.9 Å². The molecule has 1 aromatic carbocycles. The summed E-state index contributed by atoms with van der Waals surface area (Å²) in [4.78, 5) is 8.03. The average molecular weight is 269 g/mol. The topological polar surface area (TPSA) is 40.7 Å². The van der Waals surface area contributed by atoms with Crippen molar-refractivity contribution in [1.82, 2.24) is 15.3 Å². The molecule has 106 valence electrons. The Morgan fingerprint density at radius 1 is 1.25 bits per heavy atom. The average Bonchev–Trinajstić information content (AvgIpc) is 3.10. The van der Waals surface area contributed by atoms with Crippen LogP contribution in [0.15, 0.2) is 30.5 Å². The fourth-order valence-corrected chi connectivity index (χ4v) is 2.87. The van der Waals surface area contributed by atoms with E-state index in [9.17, 15) is 0 Å². The van der Waals surface area contributed by atoms with Gasteiger partial charge in [0.2, 0.25) is 0 Å². The number of hydrogen-bond acceptors (Lipinski definition) is 2. The predicted molar refractivity (Wildman–Crippen MR) is 82.8 cm³/mol. The molecular formula is C17H23N3. The maximum Gasteiger partial charge on any atom is 0.110 e. The summed E-state index contributed by atoms with van der Waals surface area (Å²) >= 11 is 0. The van der Waals surface area contributed by atoms with Gasteiger partial charge in [0.15, 0.2) is 0 Å². The summed E-state index contributed by atoms with van der Waals surface area (Å²) in [5, 5.41) is 3.39. The summed E-state index contributed by atoms with van der Waals surface area (Å²) in [7, 11) is 0. The Kier molecular flexibility index (Phi) is 3.88. The number of imidazole rings is 1. The van der Waals surface area contributed by atoms with Gasteiger partial charge in [-0.3, -0.25) is 0 Å². The summed E-state index contributed by atoms with van der Waals surface area (Å²) in [6, 6.07) is 8.85. The van der Waals surface area contributed by atoms with Crippen molar-refractivity contribution in [3.63, 3.8) is 0 Å². The van der Waals surface area contributed by atoms with E-state index >= 15 is 0 Å². The zero-order valence-corrected chi connectivity index (χ0v) is 12.3. The van der Waals surface area contributed by atoms with Crippen molar-refractivity contribution in [2.24, 2.45) is 5.92 Å². The quantitative estimate of drug-likeness (QED) is 0.893. The van der Waals surface area contributed by atoms with Crippen molar-refractivity contribution in [2.75, 3.05) is 13.1 Å². The molecule has 1 fully saturated rings. The number of rotatable bonds is 4. The SMILES string of the molecule is CC(C)Cc1ccc(-c2cnc(C3CCNC3)[nH]2)cc1. The molecule has 20 heavy (non-hydrogen) atoms. The lowest BCUT2D eigenvalue weighted by Gasteiger charge is -2.06. The fraction of sp³-hybridized carbons (Fsp3) is 0.471. The van der Waals surface area contributed by atoms with Crippen molar-refractivity contribution < 1.29 is 0 Å². The third kappa shape index (κ3) is 2.93. The number of aromatic nitrogens is 2. The van der Waals surface area contributed by atoms with E-state index in [-0.39, 0.29) is 0 Å². The second-order valence-corrected chi connectivity index (χ2v) is 6.17. The van der Waals surface area contributed by atoms with Crippen LogP contribution in [0.25, 0.3) is 11.3 Å². The van der Waals surface area contributed by atoms with E-state index in [1.807, 2.05) is 6.20 Å². The molecule has 0 saturated carbocycles. The molecule has 1 atom stereocenters. The van der Waals surface area contributed by atoms with Gasteiger partial charge >= 0.3 is 0 Å². The molecule has 2 aromatic rings. The lowest BCUT2D eigenvalue weighted by atomic mass is 10.0. The Balaban J connectivity index is 1.75. The van der Waals surface area contributed by atoms with Crippen LogP contribution in [0.1, 0.15) is 37.6 Å². The maximum absolute atomic E-state index is 4.55. The molecule has 1 aliphatic rings. The third-order valence-electron chi connectivity index (χ3n) is 3.95. The molecule has 0 radical (unpaired) electrons. The van der Waals surface area contributed by atoms with Gasteiger partial charge in [0.25, 0.3) is 0 Å². The molecule has 0 spiro atoms. The van der Waals surface area contributed by atoms with Crippen molar-refractivity contribution >= 4 is 0 Å². The van der Waals surface area contributed by atoms with Crippen molar-refractivity contribution in [2.45, 2.75) is 32.6 Å². The Morgan fingerprint density at radius 2 is 2.05 bits per heavy atom. The summed E-state index contributed by atoms with van der Waals surface area (Å²) in [6.07, 6.45) is 4.29. The highest BCUT2D eigenvalue weighted by Gasteiger charge is 2.19. The van der Waals surface area contributed by atoms with Gasteiger partial charge < -0.3 is 10.3 Å². The molecule has 0 bridgehead atoms. The van der Waals surface area contributed by atoms with Gasteiger partial charge in [0.05, 0.1) is 11.9 Å². The molecule has 3 nitrogen and oxygen atoms in total. The number of hydrogen-bond donors (Lipinski definition) is 2. The largest absolute Gasteiger partial charge is 0.342 e. The van der Waals surface area contributed by atoms with Crippen molar-refractivity contribution in [3.8, 4) is 11.3 Å². The summed E-state index contributed by atoms with van der Waals surface area (Å²) in [5.74, 6) is 2.37. The molecule has 1 unspecified atom stereocenters. The molecule has 2 N–H and O–H groups in total. The van der Waals surface area contributed by atoms with Crippen LogP contribution in [-0.4, -0.2) is 23.1 Å². The lowest BCUT2D eigenvalue weighted by molar-refractivity contribution is 0.647. The number of nitrogens with one attached hydrogen (secondary N) is 2. The fourth-order valence-electron chi connectivity index (χ4n) is 2.87. The zero-order chi connectivity index (χ0) is 13.9. The molecule has 2 heterocycles. The van der Waals surface area contributed by atoms with Gasteiger partial charge in [0, 0.05) is 12.5 Å². The van der Waals surface area contributed by atoms with E-state index in [1.165, 1.54) is 17.5 Å². The van der Waals surface area contributed by atoms with Gasteiger partial charge in [-0.25, -0.2) is 4.98 Å². The molecule has 3 rings (SSSR count). The first-order valence-corrected chi connectivity index (χ1v) is 7.57. The first-order valence-electron chi connectivity index (χ1n) is 7.57. The van der Waals surface area contributed by atoms with Gasteiger partial charge in [-0.05, 0) is 36.4 Å². The number of nitrogens with zero attached hydrogens (tertiary/aromatic N) is 1. The molecule has 1 saturated heterocycles.